The first-order valence-electron chi connectivity index (χ1n) is 20.4. The van der Waals surface area contributed by atoms with Gasteiger partial charge >= 0.3 is 6.09 Å². The quantitative estimate of drug-likeness (QED) is 0.326. The number of allylic oxidation sites excluding steroid dienone is 1. The molecule has 1 saturated heterocycles. The molecule has 2 aromatic rings. The van der Waals surface area contributed by atoms with E-state index in [0.717, 1.165) is 19.3 Å². The number of nitrogens with zero attached hydrogens (tertiary/aromatic N) is 3. The molecule has 0 bridgehead atoms. The zero-order valence-electron chi connectivity index (χ0n) is 33.2. The second-order valence-corrected chi connectivity index (χ2v) is 20.0. The first kappa shape index (κ1) is 39.4. The number of amides is 4. The van der Waals surface area contributed by atoms with Crippen LogP contribution in [0.25, 0.3) is 10.8 Å². The van der Waals surface area contributed by atoms with E-state index in [2.05, 4.69) is 39.4 Å². The lowest BCUT2D eigenvalue weighted by molar-refractivity contribution is -0.142. The molecule has 15 nitrogen and oxygen atoms in total. The van der Waals surface area contributed by atoms with Crippen LogP contribution >= 0.6 is 0 Å². The summed E-state index contributed by atoms with van der Waals surface area (Å²) in [5.41, 5.74) is -1.53. The molecule has 1 aromatic heterocycles. The Bertz CT molecular complexity index is 2080. The summed E-state index contributed by atoms with van der Waals surface area (Å²) in [5.74, 6) is -0.227. The van der Waals surface area contributed by atoms with E-state index in [1.807, 2.05) is 43.3 Å². The van der Waals surface area contributed by atoms with Crippen LogP contribution in [-0.2, 0) is 29.1 Å². The highest BCUT2D eigenvalue weighted by atomic mass is 32.2. The fraction of sp³-hybridized carbons (Fsp3) is 0.659. The number of hydrogen-bond donors (Lipinski definition) is 3. The van der Waals surface area contributed by atoms with Crippen LogP contribution in [0.1, 0.15) is 85.5 Å². The van der Waals surface area contributed by atoms with E-state index in [9.17, 15) is 27.6 Å². The van der Waals surface area contributed by atoms with Crippen LogP contribution in [0.4, 0.5) is 4.79 Å². The zero-order chi connectivity index (χ0) is 40.4. The highest BCUT2D eigenvalue weighted by Crippen LogP contribution is 2.57. The van der Waals surface area contributed by atoms with Gasteiger partial charge in [0.15, 0.2) is 0 Å². The molecule has 2 aliphatic heterocycles. The number of nitrogens with one attached hydrogen (secondary N) is 3. The van der Waals surface area contributed by atoms with Gasteiger partial charge in [0, 0.05) is 12.3 Å². The number of hydrogen-bond acceptors (Lipinski definition) is 11. The first-order valence-corrected chi connectivity index (χ1v) is 21.9. The maximum atomic E-state index is 14.9. The van der Waals surface area contributed by atoms with E-state index in [1.165, 1.54) is 12.0 Å². The largest absolute Gasteiger partial charge is 0.479 e. The Hall–Kier alpha value is -4.47. The average Bonchev–Trinajstić information content (AvgIpc) is 4.10. The minimum Gasteiger partial charge on any atom is -0.479 e. The van der Waals surface area contributed by atoms with Crippen LogP contribution in [0.5, 0.6) is 11.8 Å². The fourth-order valence-corrected chi connectivity index (χ4v) is 10.9. The summed E-state index contributed by atoms with van der Waals surface area (Å²) in [6.07, 6.45) is 7.03. The molecule has 4 aliphatic carbocycles. The lowest BCUT2D eigenvalue weighted by atomic mass is 9.88. The van der Waals surface area contributed by atoms with E-state index >= 15 is 0 Å². The lowest BCUT2D eigenvalue weighted by Gasteiger charge is -2.33. The third-order valence-electron chi connectivity index (χ3n) is 13.7. The molecule has 16 heteroatoms. The van der Waals surface area contributed by atoms with Crippen LogP contribution < -0.4 is 24.8 Å². The normalized spacial score (nSPS) is 35.7. The van der Waals surface area contributed by atoms with Crippen molar-refractivity contribution in [3.8, 4) is 11.8 Å². The Morgan fingerprint density at radius 3 is 2.33 bits per heavy atom. The van der Waals surface area contributed by atoms with Crippen molar-refractivity contribution in [2.75, 3.05) is 13.7 Å². The monoisotopic (exact) mass is 806 g/mol. The van der Waals surface area contributed by atoms with Gasteiger partial charge in [-0.1, -0.05) is 45.1 Å². The van der Waals surface area contributed by atoms with Crippen LogP contribution in [-0.4, -0.2) is 95.6 Å². The Morgan fingerprint density at radius 1 is 0.965 bits per heavy atom. The van der Waals surface area contributed by atoms with E-state index in [4.69, 9.17) is 14.2 Å². The Morgan fingerprint density at radius 2 is 1.65 bits per heavy atom. The summed E-state index contributed by atoms with van der Waals surface area (Å²) < 4.78 is 45.4. The van der Waals surface area contributed by atoms with Crippen molar-refractivity contribution in [2.24, 2.45) is 35.5 Å². The number of ether oxygens (including phenoxy) is 3. The number of rotatable bonds is 8. The molecule has 57 heavy (non-hydrogen) atoms. The Labute approximate surface area is 333 Å². The van der Waals surface area contributed by atoms with Crippen LogP contribution in [0, 0.1) is 35.5 Å². The molecule has 9 unspecified atom stereocenters. The van der Waals surface area contributed by atoms with Gasteiger partial charge in [-0.3, -0.25) is 19.1 Å². The summed E-state index contributed by atoms with van der Waals surface area (Å²) in [7, 11) is -2.50. The van der Waals surface area contributed by atoms with Gasteiger partial charge in [-0.25, -0.2) is 13.2 Å². The molecule has 9 atom stereocenters. The topological polar surface area (TPSA) is 195 Å². The fourth-order valence-electron chi connectivity index (χ4n) is 9.57. The number of alkyl carbamates (subject to hydrolysis) is 1. The second-order valence-electron chi connectivity index (χ2n) is 17.8. The van der Waals surface area contributed by atoms with Crippen molar-refractivity contribution in [3.05, 3.63) is 36.4 Å². The molecule has 4 amide bonds. The highest BCUT2D eigenvalue weighted by Gasteiger charge is 2.63. The molecule has 3 N–H and O–H groups in total. The molecular weight excluding hydrogens is 753 g/mol. The molecule has 6 aliphatic rings. The lowest BCUT2D eigenvalue weighted by Crippen LogP contribution is -2.59. The number of carbonyl (C=O) groups is 4. The molecule has 1 aromatic carbocycles. The SMILES string of the molecule is COc1nnc(OC2CC3C(=O)NC4(C(=O)NS(=O)(=O)C5(C)CC5)CC4C=CCCC(C)CC(C)C(NC(=O)OC4CC5C(C)C5C4)C(=O)N3C2)c2ccccc12. The van der Waals surface area contributed by atoms with Crippen molar-refractivity contribution < 1.29 is 41.8 Å². The van der Waals surface area contributed by atoms with Gasteiger partial charge in [-0.2, -0.15) is 0 Å². The van der Waals surface area contributed by atoms with Crippen LogP contribution in [0.3, 0.4) is 0 Å². The zero-order valence-corrected chi connectivity index (χ0v) is 34.0. The summed E-state index contributed by atoms with van der Waals surface area (Å²) in [6, 6.07) is 5.15. The summed E-state index contributed by atoms with van der Waals surface area (Å²) in [6.45, 7) is 7.80. The molecule has 0 radical (unpaired) electrons. The number of methoxy groups -OCH3 is 1. The number of fused-ring (bicyclic) bond motifs is 4. The molecule has 8 rings (SSSR count). The first-order chi connectivity index (χ1) is 27.1. The summed E-state index contributed by atoms with van der Waals surface area (Å²) in [5, 5.41) is 15.6. The maximum absolute atomic E-state index is 14.9. The van der Waals surface area contributed by atoms with Gasteiger partial charge in [0.05, 0.1) is 29.2 Å². The van der Waals surface area contributed by atoms with Crippen molar-refractivity contribution in [1.29, 1.82) is 0 Å². The molecule has 4 saturated carbocycles. The van der Waals surface area contributed by atoms with Gasteiger partial charge < -0.3 is 29.7 Å². The van der Waals surface area contributed by atoms with Gasteiger partial charge in [0.25, 0.3) is 5.91 Å². The second kappa shape index (κ2) is 14.7. The molecule has 0 spiro atoms. The third kappa shape index (κ3) is 7.53. The minimum absolute atomic E-state index is 0.0270. The average molecular weight is 807 g/mol. The molecule has 308 valence electrons. The third-order valence-corrected chi connectivity index (χ3v) is 15.9. The predicted octanol–water partition coefficient (Wildman–Crippen LogP) is 4.01. The van der Waals surface area contributed by atoms with E-state index < -0.39 is 68.2 Å². The van der Waals surface area contributed by atoms with Crippen LogP contribution in [0.2, 0.25) is 0 Å². The van der Waals surface area contributed by atoms with Crippen LogP contribution in [0.15, 0.2) is 36.4 Å². The minimum atomic E-state index is -4.00. The smallest absolute Gasteiger partial charge is 0.408 e. The molecule has 3 heterocycles. The Balaban J connectivity index is 1.10. The molecular formula is C41H54N6O9S. The van der Waals surface area contributed by atoms with Crippen molar-refractivity contribution in [2.45, 2.75) is 120 Å². The summed E-state index contributed by atoms with van der Waals surface area (Å²) in [4.78, 5) is 58.4. The number of aromatic nitrogens is 2. The maximum Gasteiger partial charge on any atom is 0.408 e. The van der Waals surface area contributed by atoms with E-state index in [1.54, 1.807) is 6.92 Å². The van der Waals surface area contributed by atoms with Gasteiger partial charge in [0.1, 0.15) is 29.8 Å². The van der Waals surface area contributed by atoms with Crippen molar-refractivity contribution in [1.82, 2.24) is 30.5 Å². The molecule has 5 fully saturated rings. The Kier molecular flexibility index (Phi) is 10.2. The standard InChI is InChI=1S/C41H54N6O9S/c1-22-10-6-7-11-25-20-41(25,38(50)46-57(52,53)40(4)14-15-40)43-34(48)32-19-27(55-36-29-13-9-8-12-28(29)35(54-5)44-45-36)21-47(32)37(49)33(23(2)16-22)42-39(51)56-26-17-30-24(3)31(30)18-26/h7-9,11-13,22-27,30-33H,6,10,14-21H2,1-5H3,(H,42,51)(H,43,48)(H,46,50). The van der Waals surface area contributed by atoms with Gasteiger partial charge in [-0.05, 0) is 100 Å². The number of benzene rings is 1. The predicted molar refractivity (Wildman–Crippen MR) is 208 cm³/mol. The summed E-state index contributed by atoms with van der Waals surface area (Å²) >= 11 is 0. The van der Waals surface area contributed by atoms with Gasteiger partial charge in [0.2, 0.25) is 33.6 Å². The van der Waals surface area contributed by atoms with E-state index in [0.29, 0.717) is 60.1 Å². The highest BCUT2D eigenvalue weighted by molar-refractivity contribution is 7.91. The van der Waals surface area contributed by atoms with E-state index in [-0.39, 0.29) is 43.2 Å². The number of carbonyl (C=O) groups excluding carboxylic acids is 4. The number of sulfonamides is 1. The van der Waals surface area contributed by atoms with Crippen molar-refractivity contribution >= 4 is 44.6 Å². The van der Waals surface area contributed by atoms with Gasteiger partial charge in [-0.15, -0.1) is 10.2 Å². The van der Waals surface area contributed by atoms with Crippen molar-refractivity contribution in [3.63, 3.8) is 0 Å².